The first-order valence-corrected chi connectivity index (χ1v) is 6.76. The van der Waals surface area contributed by atoms with E-state index in [2.05, 4.69) is 11.4 Å². The molecule has 0 bridgehead atoms. The molecule has 0 unspecified atom stereocenters. The van der Waals surface area contributed by atoms with E-state index in [1.165, 1.54) is 5.56 Å². The lowest BCUT2D eigenvalue weighted by molar-refractivity contribution is -0.129. The number of carbonyl (C=O) groups is 1. The fourth-order valence-electron chi connectivity index (χ4n) is 2.00. The van der Waals surface area contributed by atoms with Crippen LogP contribution in [0.4, 0.5) is 0 Å². The maximum atomic E-state index is 11.8. The topological polar surface area (TPSA) is 41.6 Å². The third kappa shape index (κ3) is 5.41. The molecule has 0 fully saturated rings. The summed E-state index contributed by atoms with van der Waals surface area (Å²) in [4.78, 5) is 13.6. The largest absolute Gasteiger partial charge is 0.380 e. The minimum atomic E-state index is 0.151. The van der Waals surface area contributed by atoms with Crippen LogP contribution in [-0.4, -0.2) is 37.6 Å². The van der Waals surface area contributed by atoms with Gasteiger partial charge in [0.2, 0.25) is 5.91 Å². The Bertz CT molecular complexity index is 389. The second-order valence-corrected chi connectivity index (χ2v) is 4.42. The van der Waals surface area contributed by atoms with Crippen LogP contribution in [0.3, 0.4) is 0 Å². The molecule has 1 aromatic carbocycles. The van der Waals surface area contributed by atoms with Crippen molar-refractivity contribution in [2.45, 2.75) is 27.0 Å². The summed E-state index contributed by atoms with van der Waals surface area (Å²) in [5.41, 5.74) is 2.32. The Kier molecular flexibility index (Phi) is 7.15. The van der Waals surface area contributed by atoms with Crippen molar-refractivity contribution in [2.75, 3.05) is 26.7 Å². The molecule has 106 valence electrons. The lowest BCUT2D eigenvalue weighted by Gasteiger charge is -2.18. The maximum absolute atomic E-state index is 11.8. The Balaban J connectivity index is 2.40. The lowest BCUT2D eigenvalue weighted by atomic mass is 10.1. The Morgan fingerprint density at radius 1 is 1.26 bits per heavy atom. The zero-order valence-electron chi connectivity index (χ0n) is 12.1. The Morgan fingerprint density at radius 3 is 2.58 bits per heavy atom. The van der Waals surface area contributed by atoms with Crippen LogP contribution in [0, 0.1) is 0 Å². The minimum Gasteiger partial charge on any atom is -0.380 e. The molecular formula is C15H24N2O2. The number of nitrogens with zero attached hydrogens (tertiary/aromatic N) is 1. The molecule has 0 saturated carbocycles. The fraction of sp³-hybridized carbons (Fsp3) is 0.533. The standard InChI is InChI=1S/C15H24N2O2/c1-4-17(5-2)15(18)11-16-10-13-7-6-8-14(9-13)12-19-3/h6-9,16H,4-5,10-12H2,1-3H3. The predicted molar refractivity (Wildman–Crippen MR) is 76.8 cm³/mol. The number of rotatable bonds is 8. The monoisotopic (exact) mass is 264 g/mol. The molecule has 0 saturated heterocycles. The van der Waals surface area contributed by atoms with E-state index in [-0.39, 0.29) is 5.91 Å². The van der Waals surface area contributed by atoms with Crippen molar-refractivity contribution >= 4 is 5.91 Å². The number of likely N-dealkylation sites (N-methyl/N-ethyl adjacent to an activating group) is 1. The zero-order valence-corrected chi connectivity index (χ0v) is 12.1. The lowest BCUT2D eigenvalue weighted by Crippen LogP contribution is -2.37. The molecule has 4 heteroatoms. The van der Waals surface area contributed by atoms with Crippen LogP contribution < -0.4 is 5.32 Å². The number of amides is 1. The number of ether oxygens (including phenoxy) is 1. The third-order valence-electron chi connectivity index (χ3n) is 3.02. The van der Waals surface area contributed by atoms with Crippen molar-refractivity contribution in [3.63, 3.8) is 0 Å². The summed E-state index contributed by atoms with van der Waals surface area (Å²) in [6.45, 7) is 7.22. The van der Waals surface area contributed by atoms with Gasteiger partial charge in [0, 0.05) is 26.7 Å². The van der Waals surface area contributed by atoms with E-state index in [9.17, 15) is 4.79 Å². The van der Waals surface area contributed by atoms with Crippen molar-refractivity contribution < 1.29 is 9.53 Å². The SMILES string of the molecule is CCN(CC)C(=O)CNCc1cccc(COC)c1. The molecule has 0 atom stereocenters. The quantitative estimate of drug-likeness (QED) is 0.778. The summed E-state index contributed by atoms with van der Waals surface area (Å²) in [5, 5.41) is 3.19. The van der Waals surface area contributed by atoms with Gasteiger partial charge in [0.05, 0.1) is 13.2 Å². The summed E-state index contributed by atoms with van der Waals surface area (Å²) in [6.07, 6.45) is 0. The Hall–Kier alpha value is -1.39. The first kappa shape index (κ1) is 15.7. The highest BCUT2D eigenvalue weighted by atomic mass is 16.5. The minimum absolute atomic E-state index is 0.151. The summed E-state index contributed by atoms with van der Waals surface area (Å²) >= 11 is 0. The number of carbonyl (C=O) groups excluding carboxylic acids is 1. The van der Waals surface area contributed by atoms with Crippen LogP contribution in [0.2, 0.25) is 0 Å². The average Bonchev–Trinajstić information content (AvgIpc) is 2.41. The van der Waals surface area contributed by atoms with Crippen LogP contribution in [0.1, 0.15) is 25.0 Å². The molecule has 0 aromatic heterocycles. The van der Waals surface area contributed by atoms with Crippen LogP contribution in [0.5, 0.6) is 0 Å². The third-order valence-corrected chi connectivity index (χ3v) is 3.02. The van der Waals surface area contributed by atoms with Gasteiger partial charge in [-0.15, -0.1) is 0 Å². The normalized spacial score (nSPS) is 10.5. The molecule has 19 heavy (non-hydrogen) atoms. The number of methoxy groups -OCH3 is 1. The second-order valence-electron chi connectivity index (χ2n) is 4.42. The fourth-order valence-corrected chi connectivity index (χ4v) is 2.00. The maximum Gasteiger partial charge on any atom is 0.236 e. The van der Waals surface area contributed by atoms with Crippen molar-refractivity contribution in [1.82, 2.24) is 10.2 Å². The Labute approximate surface area is 115 Å². The van der Waals surface area contributed by atoms with E-state index in [1.54, 1.807) is 7.11 Å². The van der Waals surface area contributed by atoms with E-state index < -0.39 is 0 Å². The van der Waals surface area contributed by atoms with Gasteiger partial charge in [0.25, 0.3) is 0 Å². The Morgan fingerprint density at radius 2 is 1.95 bits per heavy atom. The van der Waals surface area contributed by atoms with Crippen molar-refractivity contribution in [2.24, 2.45) is 0 Å². The number of hydrogen-bond acceptors (Lipinski definition) is 3. The van der Waals surface area contributed by atoms with E-state index in [1.807, 2.05) is 36.9 Å². The molecule has 0 spiro atoms. The smallest absolute Gasteiger partial charge is 0.236 e. The van der Waals surface area contributed by atoms with Gasteiger partial charge in [-0.3, -0.25) is 4.79 Å². The molecule has 0 radical (unpaired) electrons. The van der Waals surface area contributed by atoms with Crippen molar-refractivity contribution in [1.29, 1.82) is 0 Å². The molecule has 0 aliphatic heterocycles. The molecular weight excluding hydrogens is 240 g/mol. The molecule has 0 aliphatic rings. The first-order chi connectivity index (χ1) is 9.21. The molecule has 1 aromatic rings. The van der Waals surface area contributed by atoms with Crippen LogP contribution in [0.15, 0.2) is 24.3 Å². The van der Waals surface area contributed by atoms with E-state index in [0.717, 1.165) is 18.7 Å². The van der Waals surface area contributed by atoms with Crippen molar-refractivity contribution in [3.8, 4) is 0 Å². The summed E-state index contributed by atoms with van der Waals surface area (Å²) in [7, 11) is 1.69. The highest BCUT2D eigenvalue weighted by Crippen LogP contribution is 2.06. The number of hydrogen-bond donors (Lipinski definition) is 1. The van der Waals surface area contributed by atoms with Gasteiger partial charge in [-0.25, -0.2) is 0 Å². The van der Waals surface area contributed by atoms with Crippen LogP contribution >= 0.6 is 0 Å². The van der Waals surface area contributed by atoms with Gasteiger partial charge in [-0.2, -0.15) is 0 Å². The molecule has 1 N–H and O–H groups in total. The predicted octanol–water partition coefficient (Wildman–Crippen LogP) is 1.79. The molecule has 0 heterocycles. The first-order valence-electron chi connectivity index (χ1n) is 6.76. The second kappa shape index (κ2) is 8.67. The van der Waals surface area contributed by atoms with Gasteiger partial charge in [-0.05, 0) is 25.0 Å². The van der Waals surface area contributed by atoms with Gasteiger partial charge >= 0.3 is 0 Å². The zero-order chi connectivity index (χ0) is 14.1. The van der Waals surface area contributed by atoms with Gasteiger partial charge < -0.3 is 15.0 Å². The van der Waals surface area contributed by atoms with Gasteiger partial charge in [0.15, 0.2) is 0 Å². The average molecular weight is 264 g/mol. The molecule has 4 nitrogen and oxygen atoms in total. The molecule has 1 amide bonds. The number of nitrogens with one attached hydrogen (secondary N) is 1. The van der Waals surface area contributed by atoms with Crippen LogP contribution in [0.25, 0.3) is 0 Å². The summed E-state index contributed by atoms with van der Waals surface area (Å²) in [5.74, 6) is 0.151. The van der Waals surface area contributed by atoms with E-state index in [4.69, 9.17) is 4.74 Å². The number of benzene rings is 1. The van der Waals surface area contributed by atoms with Gasteiger partial charge in [0.1, 0.15) is 0 Å². The van der Waals surface area contributed by atoms with Crippen LogP contribution in [-0.2, 0) is 22.7 Å². The highest BCUT2D eigenvalue weighted by Gasteiger charge is 2.08. The van der Waals surface area contributed by atoms with Crippen molar-refractivity contribution in [3.05, 3.63) is 35.4 Å². The van der Waals surface area contributed by atoms with E-state index in [0.29, 0.717) is 19.7 Å². The summed E-state index contributed by atoms with van der Waals surface area (Å²) in [6, 6.07) is 8.19. The van der Waals surface area contributed by atoms with E-state index >= 15 is 0 Å². The summed E-state index contributed by atoms with van der Waals surface area (Å²) < 4.78 is 5.10. The molecule has 1 rings (SSSR count). The van der Waals surface area contributed by atoms with Gasteiger partial charge in [-0.1, -0.05) is 24.3 Å². The highest BCUT2D eigenvalue weighted by molar-refractivity contribution is 5.78. The molecule has 0 aliphatic carbocycles.